The van der Waals surface area contributed by atoms with Crippen LogP contribution in [0.25, 0.3) is 5.82 Å². The van der Waals surface area contributed by atoms with Gasteiger partial charge in [0.2, 0.25) is 0 Å². The van der Waals surface area contributed by atoms with E-state index in [1.165, 1.54) is 0 Å². The predicted molar refractivity (Wildman–Crippen MR) is 84.4 cm³/mol. The summed E-state index contributed by atoms with van der Waals surface area (Å²) in [6.07, 6.45) is 3.54. The molecule has 0 unspecified atom stereocenters. The van der Waals surface area contributed by atoms with E-state index in [9.17, 15) is 0 Å². The normalized spacial score (nSPS) is 16.2. The highest BCUT2D eigenvalue weighted by Crippen LogP contribution is 2.16. The molecule has 7 nitrogen and oxygen atoms in total. The summed E-state index contributed by atoms with van der Waals surface area (Å²) in [6.45, 7) is 8.62. The van der Waals surface area contributed by atoms with Gasteiger partial charge in [0, 0.05) is 38.4 Å². The van der Waals surface area contributed by atoms with Crippen LogP contribution in [-0.2, 0) is 0 Å². The minimum atomic E-state index is 0.215. The zero-order chi connectivity index (χ0) is 15.5. The van der Waals surface area contributed by atoms with Crippen LogP contribution < -0.4 is 4.90 Å². The quantitative estimate of drug-likeness (QED) is 0.881. The van der Waals surface area contributed by atoms with Gasteiger partial charge in [-0.15, -0.1) is 0 Å². The van der Waals surface area contributed by atoms with Crippen LogP contribution in [0.1, 0.15) is 11.4 Å². The number of rotatable bonds is 4. The molecule has 0 aliphatic carbocycles. The highest BCUT2D eigenvalue weighted by molar-refractivity contribution is 5.40. The molecule has 1 aliphatic heterocycles. The lowest BCUT2D eigenvalue weighted by atomic mass is 10.3. The van der Waals surface area contributed by atoms with Gasteiger partial charge >= 0.3 is 0 Å². The Bertz CT molecular complexity index is 633. The molecule has 2 aromatic heterocycles. The Balaban J connectivity index is 1.76. The van der Waals surface area contributed by atoms with Crippen molar-refractivity contribution in [3.63, 3.8) is 0 Å². The van der Waals surface area contributed by atoms with Gasteiger partial charge in [-0.3, -0.25) is 9.88 Å². The second kappa shape index (κ2) is 6.41. The van der Waals surface area contributed by atoms with Gasteiger partial charge in [0.15, 0.2) is 5.82 Å². The van der Waals surface area contributed by atoms with Crippen molar-refractivity contribution in [1.82, 2.24) is 24.6 Å². The summed E-state index contributed by atoms with van der Waals surface area (Å²) in [4.78, 5) is 13.5. The Morgan fingerprint density at radius 2 is 1.82 bits per heavy atom. The molecule has 0 radical (unpaired) electrons. The molecule has 3 rings (SSSR count). The second-order valence-corrected chi connectivity index (χ2v) is 5.63. The van der Waals surface area contributed by atoms with Gasteiger partial charge in [0.05, 0.1) is 24.7 Å². The highest BCUT2D eigenvalue weighted by atomic mass is 16.3. The maximum absolute atomic E-state index is 9.00. The monoisotopic (exact) mass is 302 g/mol. The second-order valence-electron chi connectivity index (χ2n) is 5.63. The fourth-order valence-corrected chi connectivity index (χ4v) is 2.80. The van der Waals surface area contributed by atoms with Crippen molar-refractivity contribution in [2.75, 3.05) is 44.2 Å². The van der Waals surface area contributed by atoms with Crippen molar-refractivity contribution >= 4 is 5.82 Å². The first-order valence-electron chi connectivity index (χ1n) is 7.61. The summed E-state index contributed by atoms with van der Waals surface area (Å²) in [6, 6.07) is 2.03. The van der Waals surface area contributed by atoms with Crippen LogP contribution in [0.2, 0.25) is 0 Å². The number of aliphatic hydroxyl groups excluding tert-OH is 1. The number of piperazine rings is 1. The molecule has 2 aromatic rings. The number of anilines is 1. The van der Waals surface area contributed by atoms with E-state index in [1.807, 2.05) is 24.6 Å². The molecule has 1 fully saturated rings. The predicted octanol–water partition coefficient (Wildman–Crippen LogP) is 0.393. The number of aliphatic hydroxyl groups is 1. The van der Waals surface area contributed by atoms with E-state index in [4.69, 9.17) is 10.1 Å². The summed E-state index contributed by atoms with van der Waals surface area (Å²) >= 11 is 0. The Kier molecular flexibility index (Phi) is 4.35. The minimum Gasteiger partial charge on any atom is -0.395 e. The highest BCUT2D eigenvalue weighted by Gasteiger charge is 2.18. The summed E-state index contributed by atoms with van der Waals surface area (Å²) in [5.74, 6) is 1.63. The molecule has 0 bridgehead atoms. The Hall–Kier alpha value is -1.99. The lowest BCUT2D eigenvalue weighted by Crippen LogP contribution is -2.47. The van der Waals surface area contributed by atoms with E-state index >= 15 is 0 Å². The van der Waals surface area contributed by atoms with Crippen molar-refractivity contribution in [2.45, 2.75) is 13.8 Å². The topological polar surface area (TPSA) is 70.3 Å². The molecular weight excluding hydrogens is 280 g/mol. The van der Waals surface area contributed by atoms with Crippen molar-refractivity contribution in [3.05, 3.63) is 29.8 Å². The largest absolute Gasteiger partial charge is 0.395 e. The smallest absolute Gasteiger partial charge is 0.174 e. The summed E-state index contributed by atoms with van der Waals surface area (Å²) in [5, 5.41) is 13.5. The van der Waals surface area contributed by atoms with Crippen LogP contribution in [-0.4, -0.2) is 69.1 Å². The van der Waals surface area contributed by atoms with Gasteiger partial charge in [-0.1, -0.05) is 0 Å². The number of aromatic nitrogens is 4. The molecule has 1 aliphatic rings. The van der Waals surface area contributed by atoms with Gasteiger partial charge in [-0.2, -0.15) is 5.10 Å². The average Bonchev–Trinajstić information content (AvgIpc) is 2.87. The number of nitrogens with zero attached hydrogens (tertiary/aromatic N) is 6. The summed E-state index contributed by atoms with van der Waals surface area (Å²) in [5.41, 5.74) is 2.03. The third-order valence-electron chi connectivity index (χ3n) is 3.95. The molecule has 0 aromatic carbocycles. The van der Waals surface area contributed by atoms with E-state index in [0.717, 1.165) is 55.7 Å². The molecule has 3 heterocycles. The number of aryl methyl sites for hydroxylation is 2. The van der Waals surface area contributed by atoms with Gasteiger partial charge in [0.1, 0.15) is 5.82 Å². The zero-order valence-electron chi connectivity index (χ0n) is 13.1. The first-order valence-corrected chi connectivity index (χ1v) is 7.61. The minimum absolute atomic E-state index is 0.215. The maximum atomic E-state index is 9.00. The van der Waals surface area contributed by atoms with Gasteiger partial charge < -0.3 is 10.0 Å². The third-order valence-corrected chi connectivity index (χ3v) is 3.95. The van der Waals surface area contributed by atoms with Crippen LogP contribution in [0.5, 0.6) is 0 Å². The van der Waals surface area contributed by atoms with Crippen molar-refractivity contribution in [2.24, 2.45) is 0 Å². The molecule has 0 atom stereocenters. The lowest BCUT2D eigenvalue weighted by Gasteiger charge is -2.34. The van der Waals surface area contributed by atoms with E-state index in [1.54, 1.807) is 12.4 Å². The SMILES string of the molecule is Cc1cc(C)n(-c2cncc(N3CCN(CCO)CC3)n2)n1. The standard InChI is InChI=1S/C15H22N6O/c1-12-9-13(2)21(18-12)15-11-16-10-14(17-15)20-5-3-19(4-6-20)7-8-22/h9-11,22H,3-8H2,1-2H3. The molecule has 1 N–H and O–H groups in total. The van der Waals surface area contributed by atoms with E-state index in [-0.39, 0.29) is 6.61 Å². The summed E-state index contributed by atoms with van der Waals surface area (Å²) in [7, 11) is 0. The molecular formula is C15H22N6O. The first-order chi connectivity index (χ1) is 10.7. The maximum Gasteiger partial charge on any atom is 0.174 e. The molecule has 22 heavy (non-hydrogen) atoms. The van der Waals surface area contributed by atoms with Gasteiger partial charge in [0.25, 0.3) is 0 Å². The van der Waals surface area contributed by atoms with Crippen molar-refractivity contribution in [3.8, 4) is 5.82 Å². The summed E-state index contributed by atoms with van der Waals surface area (Å²) < 4.78 is 1.83. The van der Waals surface area contributed by atoms with Crippen molar-refractivity contribution in [1.29, 1.82) is 0 Å². The lowest BCUT2D eigenvalue weighted by molar-refractivity contribution is 0.188. The number of β-amino-alcohol motifs (C(OH)–C–C–N with tert-alkyl or cyclic N) is 1. The first kappa shape index (κ1) is 14.9. The molecule has 0 amide bonds. The fourth-order valence-electron chi connectivity index (χ4n) is 2.80. The Morgan fingerprint density at radius 1 is 1.09 bits per heavy atom. The van der Waals surface area contributed by atoms with Crippen LogP contribution in [0.15, 0.2) is 18.5 Å². The van der Waals surface area contributed by atoms with Crippen LogP contribution in [0.3, 0.4) is 0 Å². The average molecular weight is 302 g/mol. The van der Waals surface area contributed by atoms with E-state index in [0.29, 0.717) is 0 Å². The molecule has 118 valence electrons. The van der Waals surface area contributed by atoms with E-state index < -0.39 is 0 Å². The van der Waals surface area contributed by atoms with Crippen LogP contribution in [0, 0.1) is 13.8 Å². The van der Waals surface area contributed by atoms with Crippen molar-refractivity contribution < 1.29 is 5.11 Å². The van der Waals surface area contributed by atoms with Crippen LogP contribution in [0.4, 0.5) is 5.82 Å². The molecule has 7 heteroatoms. The van der Waals surface area contributed by atoms with Gasteiger partial charge in [-0.25, -0.2) is 9.67 Å². The van der Waals surface area contributed by atoms with Crippen LogP contribution >= 0.6 is 0 Å². The number of hydrogen-bond acceptors (Lipinski definition) is 6. The Labute approximate surface area is 130 Å². The number of hydrogen-bond donors (Lipinski definition) is 1. The zero-order valence-corrected chi connectivity index (χ0v) is 13.1. The molecule has 0 spiro atoms. The molecule has 0 saturated carbocycles. The third kappa shape index (κ3) is 3.10. The Morgan fingerprint density at radius 3 is 2.45 bits per heavy atom. The van der Waals surface area contributed by atoms with E-state index in [2.05, 4.69) is 19.9 Å². The van der Waals surface area contributed by atoms with Gasteiger partial charge in [-0.05, 0) is 19.9 Å². The molecule has 1 saturated heterocycles. The fraction of sp³-hybridized carbons (Fsp3) is 0.533.